The third-order valence-electron chi connectivity index (χ3n) is 5.35. The molecule has 0 heterocycles. The Hall–Kier alpha value is -2.90. The fourth-order valence-corrected chi connectivity index (χ4v) is 3.84. The number of benzene rings is 3. The summed E-state index contributed by atoms with van der Waals surface area (Å²) in [6.07, 6.45) is 0. The number of hydrogen-bond acceptors (Lipinski definition) is 2. The standard InChI is InChI=1S/C21H12F6O2/c1-9(28)11-3-5-13-15(7-11)16-8-12(10(2)29)4-6-14(16)18-17(13)19(22,23)21(26,27)20(18,24)25/h3-8H,1-2H3. The summed E-state index contributed by atoms with van der Waals surface area (Å²) in [5, 5.41) is -1.19. The zero-order valence-corrected chi connectivity index (χ0v) is 15.0. The van der Waals surface area contributed by atoms with Crippen LogP contribution in [0.1, 0.15) is 45.7 Å². The second kappa shape index (κ2) is 5.58. The number of hydrogen-bond donors (Lipinski definition) is 0. The smallest absolute Gasteiger partial charge is 0.295 e. The maximum Gasteiger partial charge on any atom is 0.380 e. The minimum Gasteiger partial charge on any atom is -0.295 e. The molecule has 0 saturated heterocycles. The van der Waals surface area contributed by atoms with E-state index in [9.17, 15) is 35.9 Å². The number of halogens is 6. The van der Waals surface area contributed by atoms with E-state index in [1.54, 1.807) is 0 Å². The minimum atomic E-state index is -5.64. The molecule has 0 spiro atoms. The molecule has 0 N–H and O–H groups in total. The lowest BCUT2D eigenvalue weighted by Crippen LogP contribution is -2.43. The van der Waals surface area contributed by atoms with Gasteiger partial charge < -0.3 is 0 Å². The number of ketones is 2. The van der Waals surface area contributed by atoms with Gasteiger partial charge in [-0.15, -0.1) is 0 Å². The molecule has 0 amide bonds. The van der Waals surface area contributed by atoms with Crippen LogP contribution in [-0.2, 0) is 11.8 Å². The Labute approximate surface area is 160 Å². The van der Waals surface area contributed by atoms with Crippen molar-refractivity contribution in [3.8, 4) is 0 Å². The number of rotatable bonds is 2. The third kappa shape index (κ3) is 2.25. The lowest BCUT2D eigenvalue weighted by Gasteiger charge is -2.23. The number of alkyl halides is 6. The fourth-order valence-electron chi connectivity index (χ4n) is 3.84. The Balaban J connectivity index is 2.31. The van der Waals surface area contributed by atoms with Gasteiger partial charge in [-0.25, -0.2) is 0 Å². The van der Waals surface area contributed by atoms with E-state index in [1.165, 1.54) is 26.0 Å². The second-order valence-electron chi connectivity index (χ2n) is 7.11. The Morgan fingerprint density at radius 3 is 1.28 bits per heavy atom. The molecule has 0 bridgehead atoms. The molecule has 0 radical (unpaired) electrons. The summed E-state index contributed by atoms with van der Waals surface area (Å²) in [6.45, 7) is 2.43. The van der Waals surface area contributed by atoms with Crippen molar-refractivity contribution in [1.82, 2.24) is 0 Å². The van der Waals surface area contributed by atoms with E-state index < -0.39 is 51.2 Å². The summed E-state index contributed by atoms with van der Waals surface area (Å²) < 4.78 is 86.6. The van der Waals surface area contributed by atoms with Crippen LogP contribution in [0.3, 0.4) is 0 Å². The van der Waals surface area contributed by atoms with Gasteiger partial charge in [-0.2, -0.15) is 26.3 Å². The van der Waals surface area contributed by atoms with Gasteiger partial charge >= 0.3 is 17.8 Å². The molecule has 8 heteroatoms. The first kappa shape index (κ1) is 19.4. The van der Waals surface area contributed by atoms with E-state index >= 15 is 0 Å². The first-order valence-electron chi connectivity index (χ1n) is 8.52. The summed E-state index contributed by atoms with van der Waals surface area (Å²) in [5.74, 6) is -16.7. The highest BCUT2D eigenvalue weighted by atomic mass is 19.3. The third-order valence-corrected chi connectivity index (χ3v) is 5.35. The van der Waals surface area contributed by atoms with Gasteiger partial charge in [0.25, 0.3) is 0 Å². The SMILES string of the molecule is CC(=O)c1ccc2c3c(c4ccc(C(C)=O)cc4c2c1)C(F)(F)C(F)(F)C3(F)F. The molecule has 0 fully saturated rings. The van der Waals surface area contributed by atoms with Crippen molar-refractivity contribution in [3.63, 3.8) is 0 Å². The lowest BCUT2D eigenvalue weighted by molar-refractivity contribution is -0.301. The van der Waals surface area contributed by atoms with E-state index in [1.807, 2.05) is 0 Å². The van der Waals surface area contributed by atoms with Crippen LogP contribution in [-0.4, -0.2) is 17.5 Å². The van der Waals surface area contributed by atoms with Crippen LogP contribution >= 0.6 is 0 Å². The van der Waals surface area contributed by atoms with E-state index in [0.717, 1.165) is 24.3 Å². The van der Waals surface area contributed by atoms with Crippen molar-refractivity contribution in [3.05, 3.63) is 58.7 Å². The molecule has 0 atom stereocenters. The molecule has 1 aliphatic rings. The predicted octanol–water partition coefficient (Wildman–Crippen LogP) is 6.23. The van der Waals surface area contributed by atoms with Crippen molar-refractivity contribution < 1.29 is 35.9 Å². The molecule has 3 aromatic carbocycles. The van der Waals surface area contributed by atoms with Gasteiger partial charge in [-0.3, -0.25) is 9.59 Å². The average molecular weight is 410 g/mol. The van der Waals surface area contributed by atoms with Gasteiger partial charge in [0.1, 0.15) is 0 Å². The molecule has 1 aliphatic carbocycles. The van der Waals surface area contributed by atoms with Crippen molar-refractivity contribution in [2.45, 2.75) is 31.6 Å². The first-order valence-corrected chi connectivity index (χ1v) is 8.52. The summed E-state index contributed by atoms with van der Waals surface area (Å²) >= 11 is 0. The van der Waals surface area contributed by atoms with Crippen molar-refractivity contribution in [2.24, 2.45) is 0 Å². The van der Waals surface area contributed by atoms with Gasteiger partial charge in [0, 0.05) is 22.3 Å². The number of carbonyl (C=O) groups is 2. The molecule has 0 saturated carbocycles. The van der Waals surface area contributed by atoms with E-state index in [-0.39, 0.29) is 21.9 Å². The first-order chi connectivity index (χ1) is 13.3. The molecule has 0 aromatic heterocycles. The average Bonchev–Trinajstić information content (AvgIpc) is 2.75. The fraction of sp³-hybridized carbons (Fsp3) is 0.238. The van der Waals surface area contributed by atoms with Gasteiger partial charge in [0.15, 0.2) is 11.6 Å². The van der Waals surface area contributed by atoms with E-state index in [4.69, 9.17) is 0 Å². The maximum atomic E-state index is 14.6. The van der Waals surface area contributed by atoms with Gasteiger partial charge in [-0.05, 0) is 47.5 Å². The quantitative estimate of drug-likeness (QED) is 0.285. The molecule has 2 nitrogen and oxygen atoms in total. The highest BCUT2D eigenvalue weighted by Crippen LogP contribution is 2.65. The Kier molecular flexibility index (Phi) is 3.74. The normalized spacial score (nSPS) is 18.8. The summed E-state index contributed by atoms with van der Waals surface area (Å²) in [4.78, 5) is 23.5. The molecular weight excluding hydrogens is 398 g/mol. The minimum absolute atomic E-state index is 0.0808. The van der Waals surface area contributed by atoms with Gasteiger partial charge in [0.05, 0.1) is 0 Å². The number of carbonyl (C=O) groups excluding carboxylic acids is 2. The Morgan fingerprint density at radius 2 is 0.966 bits per heavy atom. The molecule has 150 valence electrons. The van der Waals surface area contributed by atoms with Gasteiger partial charge in [0.2, 0.25) is 0 Å². The van der Waals surface area contributed by atoms with Crippen LogP contribution < -0.4 is 0 Å². The number of fused-ring (bicyclic) bond motifs is 6. The van der Waals surface area contributed by atoms with Crippen LogP contribution in [0.2, 0.25) is 0 Å². The summed E-state index contributed by atoms with van der Waals surface area (Å²) in [5.41, 5.74) is -2.74. The lowest BCUT2D eigenvalue weighted by atomic mass is 9.89. The largest absolute Gasteiger partial charge is 0.380 e. The maximum absolute atomic E-state index is 14.6. The van der Waals surface area contributed by atoms with Crippen LogP contribution in [0.15, 0.2) is 36.4 Å². The number of Topliss-reactive ketones (excluding diaryl/α,β-unsaturated/α-hetero) is 2. The molecule has 29 heavy (non-hydrogen) atoms. The van der Waals surface area contributed by atoms with Crippen molar-refractivity contribution in [1.29, 1.82) is 0 Å². The van der Waals surface area contributed by atoms with E-state index in [2.05, 4.69) is 0 Å². The van der Waals surface area contributed by atoms with E-state index in [0.29, 0.717) is 0 Å². The zero-order valence-electron chi connectivity index (χ0n) is 15.0. The van der Waals surface area contributed by atoms with Gasteiger partial charge in [-0.1, -0.05) is 24.3 Å². The van der Waals surface area contributed by atoms with Crippen LogP contribution in [0.5, 0.6) is 0 Å². The molecular formula is C21H12F6O2. The van der Waals surface area contributed by atoms with Crippen molar-refractivity contribution >= 4 is 33.1 Å². The Bertz CT molecular complexity index is 1150. The highest BCUT2D eigenvalue weighted by molar-refractivity contribution is 6.15. The van der Waals surface area contributed by atoms with Crippen LogP contribution in [0.25, 0.3) is 21.5 Å². The monoisotopic (exact) mass is 410 g/mol. The summed E-state index contributed by atoms with van der Waals surface area (Å²) in [7, 11) is 0. The predicted molar refractivity (Wildman–Crippen MR) is 94.2 cm³/mol. The zero-order chi connectivity index (χ0) is 21.5. The highest BCUT2D eigenvalue weighted by Gasteiger charge is 2.79. The molecule has 4 rings (SSSR count). The molecule has 0 unspecified atom stereocenters. The topological polar surface area (TPSA) is 34.1 Å². The van der Waals surface area contributed by atoms with Crippen LogP contribution in [0.4, 0.5) is 26.3 Å². The molecule has 3 aromatic rings. The second-order valence-corrected chi connectivity index (χ2v) is 7.11. The Morgan fingerprint density at radius 1 is 0.621 bits per heavy atom. The van der Waals surface area contributed by atoms with Crippen LogP contribution in [0, 0.1) is 0 Å². The van der Waals surface area contributed by atoms with Crippen molar-refractivity contribution in [2.75, 3.05) is 0 Å². The summed E-state index contributed by atoms with van der Waals surface area (Å²) in [6, 6.07) is 6.56. The molecule has 0 aliphatic heterocycles.